The van der Waals surface area contributed by atoms with Gasteiger partial charge in [-0.05, 0) is 24.7 Å². The van der Waals surface area contributed by atoms with E-state index in [9.17, 15) is 4.39 Å². The van der Waals surface area contributed by atoms with Crippen molar-refractivity contribution in [3.63, 3.8) is 0 Å². The van der Waals surface area contributed by atoms with E-state index < -0.39 is 0 Å². The third kappa shape index (κ3) is 2.46. The molecule has 0 aliphatic heterocycles. The van der Waals surface area contributed by atoms with Crippen LogP contribution >= 0.6 is 0 Å². The molecular formula is C13H14FN3O. The molecule has 1 unspecified atom stereocenters. The maximum atomic E-state index is 14.0. The second kappa shape index (κ2) is 5.55. The summed E-state index contributed by atoms with van der Waals surface area (Å²) in [5, 5.41) is 10.6. The van der Waals surface area contributed by atoms with E-state index in [0.29, 0.717) is 11.3 Å². The fraction of sp³-hybridized carbons (Fsp3) is 0.231. The fourth-order valence-corrected chi connectivity index (χ4v) is 1.84. The summed E-state index contributed by atoms with van der Waals surface area (Å²) in [6.45, 7) is 0. The van der Waals surface area contributed by atoms with E-state index in [2.05, 4.69) is 15.5 Å². The van der Waals surface area contributed by atoms with Crippen LogP contribution in [0.15, 0.2) is 36.7 Å². The highest BCUT2D eigenvalue weighted by Crippen LogP contribution is 2.26. The van der Waals surface area contributed by atoms with E-state index in [-0.39, 0.29) is 11.9 Å². The Morgan fingerprint density at radius 2 is 2.11 bits per heavy atom. The van der Waals surface area contributed by atoms with Crippen molar-refractivity contribution < 1.29 is 9.13 Å². The van der Waals surface area contributed by atoms with Crippen LogP contribution in [0.3, 0.4) is 0 Å². The molecule has 0 saturated carbocycles. The van der Waals surface area contributed by atoms with Gasteiger partial charge in [-0.1, -0.05) is 6.07 Å². The van der Waals surface area contributed by atoms with Crippen molar-refractivity contribution in [1.29, 1.82) is 0 Å². The van der Waals surface area contributed by atoms with Crippen molar-refractivity contribution in [3.05, 3.63) is 53.6 Å². The van der Waals surface area contributed by atoms with E-state index in [0.717, 1.165) is 5.56 Å². The Morgan fingerprint density at radius 1 is 1.28 bits per heavy atom. The van der Waals surface area contributed by atoms with Crippen LogP contribution in [0.5, 0.6) is 5.75 Å². The molecule has 1 heterocycles. The molecule has 18 heavy (non-hydrogen) atoms. The Morgan fingerprint density at radius 3 is 2.67 bits per heavy atom. The van der Waals surface area contributed by atoms with E-state index in [1.807, 2.05) is 0 Å². The Balaban J connectivity index is 2.39. The predicted octanol–water partition coefficient (Wildman–Crippen LogP) is 1.93. The first-order valence-electron chi connectivity index (χ1n) is 5.53. The third-order valence-electron chi connectivity index (χ3n) is 2.75. The summed E-state index contributed by atoms with van der Waals surface area (Å²) >= 11 is 0. The number of hydrogen-bond acceptors (Lipinski definition) is 4. The topological polar surface area (TPSA) is 47.0 Å². The molecule has 0 saturated heterocycles. The second-order valence-corrected chi connectivity index (χ2v) is 3.78. The lowest BCUT2D eigenvalue weighted by Crippen LogP contribution is -2.19. The summed E-state index contributed by atoms with van der Waals surface area (Å²) in [6, 6.07) is 6.35. The molecule has 1 aromatic heterocycles. The lowest BCUT2D eigenvalue weighted by atomic mass is 10.00. The Labute approximate surface area is 105 Å². The first kappa shape index (κ1) is 12.4. The van der Waals surface area contributed by atoms with Crippen LogP contribution in [0.4, 0.5) is 4.39 Å². The van der Waals surface area contributed by atoms with Crippen molar-refractivity contribution >= 4 is 0 Å². The summed E-state index contributed by atoms with van der Waals surface area (Å²) in [5.41, 5.74) is 1.41. The highest BCUT2D eigenvalue weighted by Gasteiger charge is 2.16. The number of halogens is 1. The van der Waals surface area contributed by atoms with Crippen LogP contribution < -0.4 is 10.1 Å². The van der Waals surface area contributed by atoms with Gasteiger partial charge in [-0.2, -0.15) is 10.2 Å². The number of aromatic nitrogens is 2. The summed E-state index contributed by atoms with van der Waals surface area (Å²) in [7, 11) is 3.28. The lowest BCUT2D eigenvalue weighted by molar-refractivity contribution is 0.410. The molecule has 94 valence electrons. The number of nitrogens with one attached hydrogen (secondary N) is 1. The van der Waals surface area contributed by atoms with E-state index in [4.69, 9.17) is 4.74 Å². The van der Waals surface area contributed by atoms with Gasteiger partial charge >= 0.3 is 0 Å². The molecule has 0 spiro atoms. The van der Waals surface area contributed by atoms with Crippen LogP contribution in [-0.4, -0.2) is 24.4 Å². The Hall–Kier alpha value is -2.01. The van der Waals surface area contributed by atoms with E-state index >= 15 is 0 Å². The molecule has 0 aliphatic carbocycles. The molecule has 0 bridgehead atoms. The summed E-state index contributed by atoms with van der Waals surface area (Å²) in [4.78, 5) is 0. The van der Waals surface area contributed by atoms with Gasteiger partial charge in [-0.25, -0.2) is 4.39 Å². The Bertz CT molecular complexity index is 519. The van der Waals surface area contributed by atoms with Crippen LogP contribution in [0.25, 0.3) is 0 Å². The van der Waals surface area contributed by atoms with E-state index in [1.165, 1.54) is 13.2 Å². The van der Waals surface area contributed by atoms with Gasteiger partial charge in [0, 0.05) is 17.8 Å². The molecule has 0 aliphatic rings. The average Bonchev–Trinajstić information content (AvgIpc) is 2.42. The van der Waals surface area contributed by atoms with Crippen molar-refractivity contribution in [2.45, 2.75) is 6.04 Å². The minimum Gasteiger partial charge on any atom is -0.497 e. The van der Waals surface area contributed by atoms with Gasteiger partial charge in [0.1, 0.15) is 11.6 Å². The van der Waals surface area contributed by atoms with Crippen molar-refractivity contribution in [2.75, 3.05) is 14.2 Å². The average molecular weight is 247 g/mol. The zero-order valence-corrected chi connectivity index (χ0v) is 10.2. The van der Waals surface area contributed by atoms with Gasteiger partial charge < -0.3 is 10.1 Å². The minimum atomic E-state index is -0.314. The quantitative estimate of drug-likeness (QED) is 0.896. The minimum absolute atomic E-state index is 0.258. The fourth-order valence-electron chi connectivity index (χ4n) is 1.84. The van der Waals surface area contributed by atoms with Gasteiger partial charge in [0.25, 0.3) is 0 Å². The van der Waals surface area contributed by atoms with Crippen LogP contribution in [0, 0.1) is 5.82 Å². The normalized spacial score (nSPS) is 12.2. The third-order valence-corrected chi connectivity index (χ3v) is 2.75. The molecular weight excluding hydrogens is 233 g/mol. The highest BCUT2D eigenvalue weighted by molar-refractivity contribution is 5.35. The van der Waals surface area contributed by atoms with Crippen molar-refractivity contribution in [2.24, 2.45) is 0 Å². The first-order chi connectivity index (χ1) is 8.76. The number of benzene rings is 1. The zero-order valence-electron chi connectivity index (χ0n) is 10.2. The van der Waals surface area contributed by atoms with E-state index in [1.54, 1.807) is 37.6 Å². The number of methoxy groups -OCH3 is 1. The molecule has 0 radical (unpaired) electrons. The molecule has 2 aromatic rings. The highest BCUT2D eigenvalue weighted by atomic mass is 19.1. The maximum Gasteiger partial charge on any atom is 0.132 e. The molecule has 4 nitrogen and oxygen atoms in total. The summed E-state index contributed by atoms with van der Waals surface area (Å²) in [5.74, 6) is 0.185. The Kier molecular flexibility index (Phi) is 3.84. The largest absolute Gasteiger partial charge is 0.497 e. The molecule has 1 atom stereocenters. The van der Waals surface area contributed by atoms with Gasteiger partial charge in [-0.3, -0.25) is 0 Å². The molecule has 5 heteroatoms. The standard InChI is InChI=1S/C13H14FN3O/c1-15-13(9-5-6-16-17-8-9)11-4-3-10(18-2)7-12(11)14/h3-8,13,15H,1-2H3. The van der Waals surface area contributed by atoms with Gasteiger partial charge in [0.15, 0.2) is 0 Å². The van der Waals surface area contributed by atoms with Crippen molar-refractivity contribution in [1.82, 2.24) is 15.5 Å². The number of nitrogens with zero attached hydrogens (tertiary/aromatic N) is 2. The number of ether oxygens (including phenoxy) is 1. The van der Waals surface area contributed by atoms with Gasteiger partial charge in [0.2, 0.25) is 0 Å². The lowest BCUT2D eigenvalue weighted by Gasteiger charge is -2.17. The summed E-state index contributed by atoms with van der Waals surface area (Å²) in [6.07, 6.45) is 3.20. The molecule has 2 rings (SSSR count). The predicted molar refractivity (Wildman–Crippen MR) is 65.9 cm³/mol. The van der Waals surface area contributed by atoms with Crippen LogP contribution in [0.1, 0.15) is 17.2 Å². The molecule has 1 N–H and O–H groups in total. The monoisotopic (exact) mass is 247 g/mol. The second-order valence-electron chi connectivity index (χ2n) is 3.78. The molecule has 0 fully saturated rings. The van der Waals surface area contributed by atoms with Crippen LogP contribution in [0.2, 0.25) is 0 Å². The smallest absolute Gasteiger partial charge is 0.132 e. The zero-order chi connectivity index (χ0) is 13.0. The van der Waals surface area contributed by atoms with Gasteiger partial charge in [-0.15, -0.1) is 0 Å². The maximum absolute atomic E-state index is 14.0. The number of hydrogen-bond donors (Lipinski definition) is 1. The van der Waals surface area contributed by atoms with Crippen molar-refractivity contribution in [3.8, 4) is 5.75 Å². The molecule has 0 amide bonds. The summed E-state index contributed by atoms with van der Waals surface area (Å²) < 4.78 is 19.0. The van der Waals surface area contributed by atoms with Crippen LogP contribution in [-0.2, 0) is 0 Å². The SMILES string of the molecule is CNC(c1ccnnc1)c1ccc(OC)cc1F. The number of rotatable bonds is 4. The first-order valence-corrected chi connectivity index (χ1v) is 5.53. The molecule has 1 aromatic carbocycles. The van der Waals surface area contributed by atoms with Gasteiger partial charge in [0.05, 0.1) is 19.3 Å².